The van der Waals surface area contributed by atoms with Crippen LogP contribution in [0, 0.1) is 0 Å². The van der Waals surface area contributed by atoms with E-state index in [-0.39, 0.29) is 18.6 Å². The van der Waals surface area contributed by atoms with Crippen molar-refractivity contribution in [2.75, 3.05) is 12.8 Å². The molecule has 0 aromatic heterocycles. The van der Waals surface area contributed by atoms with Crippen LogP contribution in [0.1, 0.15) is 103 Å². The number of allylic oxidation sites excluding steroid dienone is 2. The van der Waals surface area contributed by atoms with Crippen LogP contribution in [-0.4, -0.2) is 23.6 Å². The summed E-state index contributed by atoms with van der Waals surface area (Å²) in [6.45, 7) is 2.66. The molecule has 0 bridgehead atoms. The van der Waals surface area contributed by atoms with Crippen molar-refractivity contribution < 1.29 is 19.0 Å². The predicted octanol–water partition coefficient (Wildman–Crippen LogP) is 7.55. The summed E-state index contributed by atoms with van der Waals surface area (Å²) < 4.78 is 17.5. The van der Waals surface area contributed by atoms with E-state index in [1.807, 2.05) is 0 Å². The molecule has 0 heterocycles. The van der Waals surface area contributed by atoms with Gasteiger partial charge in [0.1, 0.15) is 0 Å². The van der Waals surface area contributed by atoms with Crippen molar-refractivity contribution >= 4 is 18.6 Å². The molecule has 4 nitrogen and oxygen atoms in total. The molecule has 32 heavy (non-hydrogen) atoms. The highest BCUT2D eigenvalue weighted by Gasteiger charge is 2.22. The first-order valence-electron chi connectivity index (χ1n) is 12.7. The van der Waals surface area contributed by atoms with Gasteiger partial charge in [-0.15, -0.1) is 0 Å². The number of esters is 1. The number of ether oxygens (including phenoxy) is 1. The molecule has 0 aliphatic heterocycles. The van der Waals surface area contributed by atoms with Crippen LogP contribution < -0.4 is 5.30 Å². The van der Waals surface area contributed by atoms with E-state index >= 15 is 0 Å². The molecule has 1 aromatic carbocycles. The number of hydrogen-bond donors (Lipinski definition) is 1. The number of hydrogen-bond acceptors (Lipinski definition) is 3. The van der Waals surface area contributed by atoms with Crippen LogP contribution in [-0.2, 0) is 14.1 Å². The first-order valence-corrected chi connectivity index (χ1v) is 14.6. The van der Waals surface area contributed by atoms with Crippen molar-refractivity contribution in [3.63, 3.8) is 0 Å². The zero-order valence-electron chi connectivity index (χ0n) is 20.2. The molecule has 5 heteroatoms. The van der Waals surface area contributed by atoms with Gasteiger partial charge in [-0.1, -0.05) is 95.1 Å². The van der Waals surface area contributed by atoms with Gasteiger partial charge in [-0.2, -0.15) is 0 Å². The topological polar surface area (TPSA) is 63.6 Å². The number of benzene rings is 1. The van der Waals surface area contributed by atoms with Gasteiger partial charge in [0.15, 0.2) is 0 Å². The molecular weight excluding hydrogens is 419 g/mol. The SMILES string of the molecule is CCCCCCCCC=CCCCCCCCCOC(=O)CCP(=O)(O)c1ccccc1. The van der Waals surface area contributed by atoms with Gasteiger partial charge >= 0.3 is 5.97 Å². The largest absolute Gasteiger partial charge is 0.466 e. The van der Waals surface area contributed by atoms with Crippen molar-refractivity contribution in [2.45, 2.75) is 103 Å². The normalized spacial score (nSPS) is 13.3. The fourth-order valence-corrected chi connectivity index (χ4v) is 5.02. The highest BCUT2D eigenvalue weighted by Crippen LogP contribution is 2.39. The van der Waals surface area contributed by atoms with Crippen LogP contribution in [0.2, 0.25) is 0 Å². The minimum Gasteiger partial charge on any atom is -0.466 e. The molecule has 0 amide bonds. The Hall–Kier alpha value is -1.38. The van der Waals surface area contributed by atoms with Crippen LogP contribution in [0.5, 0.6) is 0 Å². The summed E-state index contributed by atoms with van der Waals surface area (Å²) in [4.78, 5) is 21.9. The molecule has 0 saturated carbocycles. The number of unbranched alkanes of at least 4 members (excludes halogenated alkanes) is 12. The van der Waals surface area contributed by atoms with Crippen LogP contribution in [0.25, 0.3) is 0 Å². The minimum atomic E-state index is -3.48. The lowest BCUT2D eigenvalue weighted by atomic mass is 10.1. The van der Waals surface area contributed by atoms with Crippen LogP contribution in [0.3, 0.4) is 0 Å². The third-order valence-electron chi connectivity index (χ3n) is 5.70. The summed E-state index contributed by atoms with van der Waals surface area (Å²) in [6, 6.07) is 8.50. The van der Waals surface area contributed by atoms with Gasteiger partial charge in [-0.05, 0) is 44.2 Å². The maximum atomic E-state index is 12.3. The molecule has 0 aliphatic rings. The Bertz CT molecular complexity index is 657. The lowest BCUT2D eigenvalue weighted by molar-refractivity contribution is -0.143. The monoisotopic (exact) mass is 464 g/mol. The van der Waals surface area contributed by atoms with E-state index in [2.05, 4.69) is 19.1 Å². The third kappa shape index (κ3) is 15.4. The molecule has 1 atom stereocenters. The molecule has 0 spiro atoms. The molecule has 0 aliphatic carbocycles. The van der Waals surface area contributed by atoms with Gasteiger partial charge in [-0.3, -0.25) is 9.36 Å². The Balaban J connectivity index is 1.89. The second kappa shape index (κ2) is 19.1. The molecule has 0 radical (unpaired) electrons. The standard InChI is InChI=1S/C27H45O4P/c1-2-3-4-5-6-7-8-9-10-11-12-13-14-15-16-20-24-31-27(28)23-25-32(29,30)26-21-18-17-19-22-26/h9-10,17-19,21-22H,2-8,11-16,20,23-25H2,1H3,(H,29,30). The van der Waals surface area contributed by atoms with E-state index in [0.29, 0.717) is 11.9 Å². The van der Waals surface area contributed by atoms with Gasteiger partial charge in [0.05, 0.1) is 13.0 Å². The fourth-order valence-electron chi connectivity index (χ4n) is 3.64. The Morgan fingerprint density at radius 1 is 0.844 bits per heavy atom. The molecule has 0 saturated heterocycles. The highest BCUT2D eigenvalue weighted by atomic mass is 31.2. The van der Waals surface area contributed by atoms with Crippen molar-refractivity contribution in [3.05, 3.63) is 42.5 Å². The lowest BCUT2D eigenvalue weighted by Crippen LogP contribution is -2.12. The van der Waals surface area contributed by atoms with Gasteiger partial charge < -0.3 is 9.63 Å². The quantitative estimate of drug-likeness (QED) is 0.0936. The summed E-state index contributed by atoms with van der Waals surface area (Å²) in [5, 5.41) is 0.390. The molecule has 1 unspecified atom stereocenters. The van der Waals surface area contributed by atoms with Crippen molar-refractivity contribution in [1.82, 2.24) is 0 Å². The lowest BCUT2D eigenvalue weighted by Gasteiger charge is -2.11. The summed E-state index contributed by atoms with van der Waals surface area (Å²) in [5.74, 6) is -0.386. The summed E-state index contributed by atoms with van der Waals surface area (Å²) >= 11 is 0. The molecule has 1 aromatic rings. The number of carbonyl (C=O) groups excluding carboxylic acids is 1. The van der Waals surface area contributed by atoms with Gasteiger partial charge in [0.25, 0.3) is 0 Å². The van der Waals surface area contributed by atoms with E-state index in [4.69, 9.17) is 4.74 Å². The molecule has 1 N–H and O–H groups in total. The van der Waals surface area contributed by atoms with Crippen molar-refractivity contribution in [3.8, 4) is 0 Å². The van der Waals surface area contributed by atoms with Gasteiger partial charge in [-0.25, -0.2) is 0 Å². The molecular formula is C27H45O4P. The second-order valence-electron chi connectivity index (χ2n) is 8.67. The smallest absolute Gasteiger partial charge is 0.306 e. The van der Waals surface area contributed by atoms with Gasteiger partial charge in [0, 0.05) is 11.5 Å². The molecule has 0 fully saturated rings. The summed E-state index contributed by atoms with van der Waals surface area (Å²) in [7, 11) is -3.48. The Labute approximate surface area is 196 Å². The van der Waals surface area contributed by atoms with E-state index in [0.717, 1.165) is 12.8 Å². The third-order valence-corrected chi connectivity index (χ3v) is 7.63. The average molecular weight is 465 g/mol. The van der Waals surface area contributed by atoms with Crippen LogP contribution in [0.15, 0.2) is 42.5 Å². The van der Waals surface area contributed by atoms with Crippen molar-refractivity contribution in [1.29, 1.82) is 0 Å². The maximum Gasteiger partial charge on any atom is 0.306 e. The number of rotatable bonds is 20. The first kappa shape index (κ1) is 28.7. The van der Waals surface area contributed by atoms with Gasteiger partial charge in [0.2, 0.25) is 7.37 Å². The predicted molar refractivity (Wildman–Crippen MR) is 136 cm³/mol. The Morgan fingerprint density at radius 2 is 1.38 bits per heavy atom. The van der Waals surface area contributed by atoms with E-state index in [1.54, 1.807) is 30.3 Å². The van der Waals surface area contributed by atoms with Crippen molar-refractivity contribution in [2.24, 2.45) is 0 Å². The van der Waals surface area contributed by atoms with E-state index in [9.17, 15) is 14.3 Å². The molecule has 182 valence electrons. The Morgan fingerprint density at radius 3 is 1.97 bits per heavy atom. The van der Waals surface area contributed by atoms with Crippen LogP contribution in [0.4, 0.5) is 0 Å². The summed E-state index contributed by atoms with van der Waals surface area (Å²) in [5.41, 5.74) is 0. The zero-order chi connectivity index (χ0) is 23.3. The Kier molecular flexibility index (Phi) is 17.1. The van der Waals surface area contributed by atoms with E-state index < -0.39 is 7.37 Å². The minimum absolute atomic E-state index is 0.0188. The highest BCUT2D eigenvalue weighted by molar-refractivity contribution is 7.66. The maximum absolute atomic E-state index is 12.3. The average Bonchev–Trinajstić information content (AvgIpc) is 2.80. The zero-order valence-corrected chi connectivity index (χ0v) is 21.1. The molecule has 1 rings (SSSR count). The first-order chi connectivity index (χ1) is 15.6. The van der Waals surface area contributed by atoms with E-state index in [1.165, 1.54) is 77.0 Å². The van der Waals surface area contributed by atoms with Crippen LogP contribution >= 0.6 is 7.37 Å². The fraction of sp³-hybridized carbons (Fsp3) is 0.667. The number of carbonyl (C=O) groups is 1. The second-order valence-corrected chi connectivity index (χ2v) is 11.0. The summed E-state index contributed by atoms with van der Waals surface area (Å²) in [6.07, 6.45) is 22.0.